The molecule has 0 radical (unpaired) electrons. The van der Waals surface area contributed by atoms with Gasteiger partial charge in [0.2, 0.25) is 11.8 Å². The first-order valence-electron chi connectivity index (χ1n) is 8.19. The van der Waals surface area contributed by atoms with Crippen LogP contribution in [0.15, 0.2) is 9.64 Å². The van der Waals surface area contributed by atoms with Crippen molar-refractivity contribution in [1.29, 1.82) is 0 Å². The minimum absolute atomic E-state index is 0.0462. The Bertz CT molecular complexity index is 583. The van der Waals surface area contributed by atoms with E-state index in [9.17, 15) is 9.59 Å². The molecule has 0 saturated heterocycles. The normalized spacial score (nSPS) is 13.9. The molecule has 2 atom stereocenters. The minimum Gasteiger partial charge on any atom is -0.444 e. The van der Waals surface area contributed by atoms with E-state index in [0.717, 1.165) is 6.42 Å². The highest BCUT2D eigenvalue weighted by molar-refractivity contribution is 7.99. The van der Waals surface area contributed by atoms with Crippen LogP contribution in [0.2, 0.25) is 0 Å². The second-order valence-electron chi connectivity index (χ2n) is 6.99. The number of nitrogens with zero attached hydrogens (tertiary/aromatic N) is 3. The van der Waals surface area contributed by atoms with Gasteiger partial charge in [0, 0.05) is 14.1 Å². The number of nitrogens with one attached hydrogen (secondary N) is 1. The summed E-state index contributed by atoms with van der Waals surface area (Å²) in [5, 5.41) is 11.1. The van der Waals surface area contributed by atoms with Crippen LogP contribution in [0.25, 0.3) is 0 Å². The molecule has 9 heteroatoms. The summed E-state index contributed by atoms with van der Waals surface area (Å²) in [6, 6.07) is -0.453. The smallest absolute Gasteiger partial charge is 0.408 e. The standard InChI is InChI=1S/C16H28N4O4S/c1-8-10(2)12(17-14(22)24-16(3,4)5)13-18-19-15(23-13)25-9-11(21)20(6)7/h10,12H,8-9H2,1-7H3,(H,17,22)/t10-,12+/m0/s1. The van der Waals surface area contributed by atoms with Crippen molar-refractivity contribution in [2.45, 2.75) is 57.9 Å². The van der Waals surface area contributed by atoms with E-state index in [1.54, 1.807) is 34.9 Å². The van der Waals surface area contributed by atoms with Crippen molar-refractivity contribution < 1.29 is 18.7 Å². The third kappa shape index (κ3) is 7.33. The van der Waals surface area contributed by atoms with Crippen LogP contribution in [0.4, 0.5) is 4.79 Å². The zero-order chi connectivity index (χ0) is 19.2. The molecule has 142 valence electrons. The average molecular weight is 372 g/mol. The van der Waals surface area contributed by atoms with E-state index in [-0.39, 0.29) is 17.6 Å². The predicted octanol–water partition coefficient (Wildman–Crippen LogP) is 2.86. The molecule has 0 spiro atoms. The Kier molecular flexibility index (Phi) is 7.72. The fourth-order valence-electron chi connectivity index (χ4n) is 1.77. The van der Waals surface area contributed by atoms with Gasteiger partial charge in [-0.1, -0.05) is 32.0 Å². The van der Waals surface area contributed by atoms with Gasteiger partial charge in [-0.3, -0.25) is 4.79 Å². The van der Waals surface area contributed by atoms with Gasteiger partial charge in [0.15, 0.2) is 0 Å². The number of alkyl carbamates (subject to hydrolysis) is 1. The van der Waals surface area contributed by atoms with Gasteiger partial charge >= 0.3 is 6.09 Å². The van der Waals surface area contributed by atoms with E-state index in [0.29, 0.717) is 11.1 Å². The summed E-state index contributed by atoms with van der Waals surface area (Å²) in [6.07, 6.45) is 0.276. The van der Waals surface area contributed by atoms with Crippen molar-refractivity contribution in [3.63, 3.8) is 0 Å². The topological polar surface area (TPSA) is 97.6 Å². The van der Waals surface area contributed by atoms with Gasteiger partial charge in [-0.2, -0.15) is 0 Å². The molecule has 0 aromatic carbocycles. The van der Waals surface area contributed by atoms with Crippen LogP contribution in [0, 0.1) is 5.92 Å². The summed E-state index contributed by atoms with van der Waals surface area (Å²) in [6.45, 7) is 9.39. The molecule has 1 aromatic rings. The molecule has 1 aromatic heterocycles. The lowest BCUT2D eigenvalue weighted by Crippen LogP contribution is -2.37. The van der Waals surface area contributed by atoms with Crippen LogP contribution < -0.4 is 5.32 Å². The van der Waals surface area contributed by atoms with Crippen LogP contribution in [-0.2, 0) is 9.53 Å². The Morgan fingerprint density at radius 1 is 1.32 bits per heavy atom. The molecule has 0 fully saturated rings. The maximum Gasteiger partial charge on any atom is 0.408 e. The van der Waals surface area contributed by atoms with Crippen molar-refractivity contribution in [2.75, 3.05) is 19.8 Å². The van der Waals surface area contributed by atoms with Crippen LogP contribution >= 0.6 is 11.8 Å². The summed E-state index contributed by atoms with van der Waals surface area (Å²) in [5.74, 6) is 0.548. The van der Waals surface area contributed by atoms with Crippen molar-refractivity contribution >= 4 is 23.8 Å². The lowest BCUT2D eigenvalue weighted by Gasteiger charge is -2.24. The summed E-state index contributed by atoms with van der Waals surface area (Å²) >= 11 is 1.17. The Hall–Kier alpha value is -1.77. The van der Waals surface area contributed by atoms with Gasteiger partial charge in [0.05, 0.1) is 5.75 Å². The van der Waals surface area contributed by atoms with Gasteiger partial charge in [0.25, 0.3) is 5.22 Å². The van der Waals surface area contributed by atoms with Gasteiger partial charge < -0.3 is 19.4 Å². The largest absolute Gasteiger partial charge is 0.444 e. The maximum absolute atomic E-state index is 12.1. The van der Waals surface area contributed by atoms with E-state index in [1.807, 2.05) is 13.8 Å². The Labute approximate surface area is 153 Å². The molecule has 1 heterocycles. The molecule has 0 aliphatic rings. The fraction of sp³-hybridized carbons (Fsp3) is 0.750. The summed E-state index contributed by atoms with van der Waals surface area (Å²) in [5.41, 5.74) is -0.591. The molecule has 0 bridgehead atoms. The van der Waals surface area contributed by atoms with Crippen molar-refractivity contribution in [3.05, 3.63) is 5.89 Å². The molecule has 0 aliphatic carbocycles. The molecule has 0 aliphatic heterocycles. The molecule has 1 rings (SSSR count). The summed E-state index contributed by atoms with van der Waals surface area (Å²) in [4.78, 5) is 25.2. The molecular formula is C16H28N4O4S. The zero-order valence-corrected chi connectivity index (χ0v) is 16.8. The molecule has 0 saturated carbocycles. The maximum atomic E-state index is 12.1. The molecule has 8 nitrogen and oxygen atoms in total. The number of carbonyl (C=O) groups excluding carboxylic acids is 2. The highest BCUT2D eigenvalue weighted by Gasteiger charge is 2.28. The van der Waals surface area contributed by atoms with Crippen LogP contribution in [0.3, 0.4) is 0 Å². The Morgan fingerprint density at radius 3 is 2.48 bits per heavy atom. The third-order valence-corrected chi connectivity index (χ3v) is 4.19. The van der Waals surface area contributed by atoms with Crippen LogP contribution in [-0.4, -0.2) is 52.5 Å². The van der Waals surface area contributed by atoms with Gasteiger partial charge in [-0.15, -0.1) is 10.2 Å². The second kappa shape index (κ2) is 9.07. The monoisotopic (exact) mass is 372 g/mol. The minimum atomic E-state index is -0.591. The molecule has 2 amide bonds. The van der Waals surface area contributed by atoms with E-state index < -0.39 is 17.7 Å². The number of hydrogen-bond acceptors (Lipinski definition) is 7. The first-order valence-corrected chi connectivity index (χ1v) is 9.18. The Morgan fingerprint density at radius 2 is 1.96 bits per heavy atom. The molecule has 1 N–H and O–H groups in total. The fourth-order valence-corrected chi connectivity index (χ4v) is 2.52. The molecule has 0 unspecified atom stereocenters. The van der Waals surface area contributed by atoms with E-state index in [4.69, 9.17) is 9.15 Å². The highest BCUT2D eigenvalue weighted by Crippen LogP contribution is 2.26. The van der Waals surface area contributed by atoms with E-state index in [1.165, 1.54) is 16.7 Å². The average Bonchev–Trinajstić information content (AvgIpc) is 2.96. The first kappa shape index (κ1) is 21.3. The first-order chi connectivity index (χ1) is 11.5. The number of carbonyl (C=O) groups is 2. The second-order valence-corrected chi connectivity index (χ2v) is 7.92. The van der Waals surface area contributed by atoms with E-state index >= 15 is 0 Å². The lowest BCUT2D eigenvalue weighted by atomic mass is 9.99. The number of hydrogen-bond donors (Lipinski definition) is 1. The van der Waals surface area contributed by atoms with Gasteiger partial charge in [-0.05, 0) is 26.7 Å². The van der Waals surface area contributed by atoms with Gasteiger partial charge in [0.1, 0.15) is 11.6 Å². The molecule has 25 heavy (non-hydrogen) atoms. The number of ether oxygens (including phenoxy) is 1. The number of thioether (sulfide) groups is 1. The summed E-state index contributed by atoms with van der Waals surface area (Å²) < 4.78 is 10.9. The van der Waals surface area contributed by atoms with Crippen LogP contribution in [0.1, 0.15) is 53.0 Å². The lowest BCUT2D eigenvalue weighted by molar-refractivity contribution is -0.125. The third-order valence-electron chi connectivity index (χ3n) is 3.39. The van der Waals surface area contributed by atoms with Crippen molar-refractivity contribution in [2.24, 2.45) is 5.92 Å². The van der Waals surface area contributed by atoms with Crippen molar-refractivity contribution in [3.8, 4) is 0 Å². The zero-order valence-electron chi connectivity index (χ0n) is 16.0. The van der Waals surface area contributed by atoms with Gasteiger partial charge in [-0.25, -0.2) is 4.79 Å². The summed E-state index contributed by atoms with van der Waals surface area (Å²) in [7, 11) is 3.37. The SMILES string of the molecule is CC[C@H](C)[C@@H](NC(=O)OC(C)(C)C)c1nnc(SCC(=O)N(C)C)o1. The number of amides is 2. The highest BCUT2D eigenvalue weighted by atomic mass is 32.2. The van der Waals surface area contributed by atoms with Crippen LogP contribution in [0.5, 0.6) is 0 Å². The quantitative estimate of drug-likeness (QED) is 0.735. The number of aromatic nitrogens is 2. The number of rotatable bonds is 7. The molecular weight excluding hydrogens is 344 g/mol. The predicted molar refractivity (Wildman–Crippen MR) is 95.3 cm³/mol. The van der Waals surface area contributed by atoms with E-state index in [2.05, 4.69) is 15.5 Å². The Balaban J connectivity index is 2.80. The van der Waals surface area contributed by atoms with Crippen molar-refractivity contribution in [1.82, 2.24) is 20.4 Å².